The van der Waals surface area contributed by atoms with Crippen molar-refractivity contribution in [2.24, 2.45) is 5.73 Å². The van der Waals surface area contributed by atoms with Crippen LogP contribution in [0.5, 0.6) is 0 Å². The molecule has 0 aliphatic carbocycles. The van der Waals surface area contributed by atoms with Crippen molar-refractivity contribution in [2.45, 2.75) is 71.1 Å². The van der Waals surface area contributed by atoms with Gasteiger partial charge in [-0.2, -0.15) is 0 Å². The van der Waals surface area contributed by atoms with E-state index in [2.05, 4.69) is 16.0 Å². The molecule has 0 aliphatic heterocycles. The largest absolute Gasteiger partial charge is 0.480 e. The van der Waals surface area contributed by atoms with E-state index in [1.54, 1.807) is 0 Å². The average Bonchev–Trinajstić information content (AvgIpc) is 2.36. The van der Waals surface area contributed by atoms with Crippen molar-refractivity contribution in [3.8, 4) is 0 Å². The molecule has 6 N–H and O–H groups in total. The first kappa shape index (κ1) is 21.8. The lowest BCUT2D eigenvalue weighted by Crippen LogP contribution is -2.65. The summed E-state index contributed by atoms with van der Waals surface area (Å²) in [5.41, 5.74) is 1.27. The van der Waals surface area contributed by atoms with E-state index in [9.17, 15) is 19.2 Å². The smallest absolute Gasteiger partial charge is 0.328 e. The lowest BCUT2D eigenvalue weighted by molar-refractivity contribution is -0.147. The minimum Gasteiger partial charge on any atom is -0.480 e. The highest BCUT2D eigenvalue weighted by Crippen LogP contribution is 2.11. The molecule has 0 spiro atoms. The van der Waals surface area contributed by atoms with Gasteiger partial charge in [-0.3, -0.25) is 14.4 Å². The Hall–Kier alpha value is -2.16. The first-order valence-corrected chi connectivity index (χ1v) is 7.49. The third-order valence-corrected chi connectivity index (χ3v) is 3.37. The minimum absolute atomic E-state index is 0.510. The topological polar surface area (TPSA) is 151 Å². The number of nitrogens with two attached hydrogens (primary N) is 1. The van der Waals surface area contributed by atoms with Crippen molar-refractivity contribution in [3.05, 3.63) is 0 Å². The second-order valence-corrected chi connectivity index (χ2v) is 7.37. The van der Waals surface area contributed by atoms with E-state index in [1.165, 1.54) is 48.5 Å². The molecule has 0 heterocycles. The number of carbonyl (C=O) groups is 4. The number of carboxylic acids is 1. The molecule has 0 saturated carbocycles. The molecule has 0 radical (unpaired) electrons. The normalized spacial score (nSPS) is 13.7. The van der Waals surface area contributed by atoms with Crippen LogP contribution in [0.3, 0.4) is 0 Å². The molecule has 9 heteroatoms. The fraction of sp³-hybridized carbons (Fsp3) is 0.733. The molecule has 1 atom stereocenters. The van der Waals surface area contributed by atoms with Crippen LogP contribution in [0.15, 0.2) is 0 Å². The summed E-state index contributed by atoms with van der Waals surface area (Å²) in [6.45, 7) is 9.95. The molecule has 138 valence electrons. The molecule has 0 unspecified atom stereocenters. The van der Waals surface area contributed by atoms with E-state index in [0.717, 1.165) is 0 Å². The van der Waals surface area contributed by atoms with Crippen LogP contribution < -0.4 is 21.7 Å². The van der Waals surface area contributed by atoms with Gasteiger partial charge in [-0.05, 0) is 48.5 Å². The van der Waals surface area contributed by atoms with Gasteiger partial charge in [0.05, 0.1) is 6.04 Å². The van der Waals surface area contributed by atoms with Gasteiger partial charge in [-0.25, -0.2) is 4.79 Å². The lowest BCUT2D eigenvalue weighted by atomic mass is 9.96. The zero-order chi connectivity index (χ0) is 19.5. The van der Waals surface area contributed by atoms with Crippen molar-refractivity contribution in [1.82, 2.24) is 16.0 Å². The predicted molar refractivity (Wildman–Crippen MR) is 88.0 cm³/mol. The highest BCUT2D eigenvalue weighted by atomic mass is 16.4. The fourth-order valence-corrected chi connectivity index (χ4v) is 1.47. The third kappa shape index (κ3) is 5.80. The van der Waals surface area contributed by atoms with Gasteiger partial charge in [0, 0.05) is 0 Å². The summed E-state index contributed by atoms with van der Waals surface area (Å²) < 4.78 is 0. The second-order valence-electron chi connectivity index (χ2n) is 7.37. The number of carbonyl (C=O) groups excluding carboxylic acids is 3. The Labute approximate surface area is 141 Å². The van der Waals surface area contributed by atoms with Gasteiger partial charge in [0.15, 0.2) is 0 Å². The molecular weight excluding hydrogens is 316 g/mol. The fourth-order valence-electron chi connectivity index (χ4n) is 1.47. The molecule has 0 aromatic rings. The van der Waals surface area contributed by atoms with Crippen molar-refractivity contribution in [2.75, 3.05) is 0 Å². The maximum atomic E-state index is 12.4. The van der Waals surface area contributed by atoms with E-state index >= 15 is 0 Å². The number of aliphatic carboxylic acids is 1. The maximum absolute atomic E-state index is 12.4. The Bertz CT molecular complexity index is 538. The number of carboxylic acid groups (broad SMARTS) is 1. The summed E-state index contributed by atoms with van der Waals surface area (Å²) in [5, 5.41) is 16.4. The maximum Gasteiger partial charge on any atom is 0.328 e. The van der Waals surface area contributed by atoms with E-state index < -0.39 is 46.3 Å². The molecule has 3 amide bonds. The minimum atomic E-state index is -1.49. The van der Waals surface area contributed by atoms with Crippen molar-refractivity contribution in [3.63, 3.8) is 0 Å². The Morgan fingerprint density at radius 2 is 1.12 bits per heavy atom. The first-order chi connectivity index (χ1) is 10.5. The number of nitrogens with one attached hydrogen (secondary N) is 3. The van der Waals surface area contributed by atoms with Crippen LogP contribution in [0.4, 0.5) is 0 Å². The highest BCUT2D eigenvalue weighted by Gasteiger charge is 2.40. The van der Waals surface area contributed by atoms with Crippen LogP contribution in [0.2, 0.25) is 0 Å². The summed E-state index contributed by atoms with van der Waals surface area (Å²) >= 11 is 0. The Kier molecular flexibility index (Phi) is 6.52. The van der Waals surface area contributed by atoms with Gasteiger partial charge in [0.1, 0.15) is 16.6 Å². The molecule has 0 rings (SSSR count). The molecule has 0 aliphatic rings. The molecule has 0 aromatic carbocycles. The molecule has 0 saturated heterocycles. The van der Waals surface area contributed by atoms with E-state index in [4.69, 9.17) is 10.8 Å². The third-order valence-electron chi connectivity index (χ3n) is 3.37. The van der Waals surface area contributed by atoms with E-state index in [1.807, 2.05) is 0 Å². The first-order valence-electron chi connectivity index (χ1n) is 7.49. The van der Waals surface area contributed by atoms with Crippen molar-refractivity contribution in [1.29, 1.82) is 0 Å². The van der Waals surface area contributed by atoms with Crippen molar-refractivity contribution >= 4 is 23.7 Å². The molecule has 9 nitrogen and oxygen atoms in total. The molecule has 24 heavy (non-hydrogen) atoms. The second kappa shape index (κ2) is 7.16. The number of hydrogen-bond acceptors (Lipinski definition) is 5. The highest BCUT2D eigenvalue weighted by molar-refractivity contribution is 5.97. The number of amides is 3. The zero-order valence-electron chi connectivity index (χ0n) is 15.2. The Balaban J connectivity index is 5.08. The zero-order valence-corrected chi connectivity index (χ0v) is 15.2. The molecular formula is C15H28N4O5. The lowest BCUT2D eigenvalue weighted by Gasteiger charge is -2.34. The van der Waals surface area contributed by atoms with Gasteiger partial charge >= 0.3 is 5.97 Å². The number of rotatable bonds is 7. The molecule has 0 bridgehead atoms. The van der Waals surface area contributed by atoms with E-state index in [0.29, 0.717) is 0 Å². The van der Waals surface area contributed by atoms with Crippen LogP contribution >= 0.6 is 0 Å². The Morgan fingerprint density at radius 1 is 0.792 bits per heavy atom. The van der Waals surface area contributed by atoms with Gasteiger partial charge in [0.2, 0.25) is 17.7 Å². The molecule has 0 aromatic heterocycles. The number of hydrogen-bond donors (Lipinski definition) is 5. The summed E-state index contributed by atoms with van der Waals surface area (Å²) in [4.78, 5) is 47.4. The van der Waals surface area contributed by atoms with Crippen LogP contribution in [0.1, 0.15) is 48.5 Å². The summed E-state index contributed by atoms with van der Waals surface area (Å²) in [7, 11) is 0. The van der Waals surface area contributed by atoms with Gasteiger partial charge < -0.3 is 26.8 Å². The predicted octanol–water partition coefficient (Wildman–Crippen LogP) is -0.897. The van der Waals surface area contributed by atoms with E-state index in [-0.39, 0.29) is 0 Å². The van der Waals surface area contributed by atoms with Gasteiger partial charge in [-0.15, -0.1) is 0 Å². The molecule has 0 fully saturated rings. The summed E-state index contributed by atoms with van der Waals surface area (Å²) in [6, 6.07) is -0.787. The quantitative estimate of drug-likeness (QED) is 0.404. The van der Waals surface area contributed by atoms with Crippen LogP contribution in [-0.2, 0) is 19.2 Å². The van der Waals surface area contributed by atoms with Gasteiger partial charge in [-0.1, -0.05) is 0 Å². The standard InChI is InChI=1S/C15H28N4O5/c1-8(16)9(20)17-13(2,3)10(21)18-14(4,5)11(22)19-15(6,7)12(23)24/h8H,16H2,1-7H3,(H,17,20)(H,18,21)(H,19,22)(H,23,24)/t8-/m0/s1. The van der Waals surface area contributed by atoms with Crippen LogP contribution in [0, 0.1) is 0 Å². The summed E-state index contributed by atoms with van der Waals surface area (Å²) in [6.07, 6.45) is 0. The SMILES string of the molecule is C[C@H](N)C(=O)NC(C)(C)C(=O)NC(C)(C)C(=O)NC(C)(C)C(=O)O. The summed E-state index contributed by atoms with van der Waals surface area (Å²) in [5.74, 6) is -2.99. The van der Waals surface area contributed by atoms with Crippen LogP contribution in [0.25, 0.3) is 0 Å². The average molecular weight is 344 g/mol. The monoisotopic (exact) mass is 344 g/mol. The van der Waals surface area contributed by atoms with Crippen molar-refractivity contribution < 1.29 is 24.3 Å². The van der Waals surface area contributed by atoms with Gasteiger partial charge in [0.25, 0.3) is 0 Å². The van der Waals surface area contributed by atoms with Crippen LogP contribution in [-0.4, -0.2) is 51.5 Å². The Morgan fingerprint density at radius 3 is 1.46 bits per heavy atom.